The molecule has 4 N–H and O–H groups in total. The average molecular weight is 474 g/mol. The van der Waals surface area contributed by atoms with E-state index in [0.717, 1.165) is 12.8 Å². The molecule has 2 heterocycles. The van der Waals surface area contributed by atoms with Gasteiger partial charge in [-0.3, -0.25) is 9.59 Å². The maximum Gasteiger partial charge on any atom is 0.272 e. The fraction of sp³-hybridized carbons (Fsp3) is 0.300. The third-order valence-electron chi connectivity index (χ3n) is 5.11. The number of nitrogens with zero attached hydrogens (tertiary/aromatic N) is 5. The lowest BCUT2D eigenvalue weighted by atomic mass is 9.49. The highest BCUT2D eigenvalue weighted by molar-refractivity contribution is 6.60. The fourth-order valence-electron chi connectivity index (χ4n) is 3.34. The molecule has 0 atom stereocenters. The Kier molecular flexibility index (Phi) is 6.78. The summed E-state index contributed by atoms with van der Waals surface area (Å²) in [6, 6.07) is 6.88. The van der Waals surface area contributed by atoms with E-state index in [1.165, 1.54) is 11.8 Å². The molecule has 1 aliphatic carbocycles. The zero-order valence-electron chi connectivity index (χ0n) is 20.0. The molecule has 1 aromatic carbocycles. The highest BCUT2D eigenvalue weighted by atomic mass is 16.5. The van der Waals surface area contributed by atoms with Gasteiger partial charge in [-0.2, -0.15) is 0 Å². The standard InChI is InChI=1S/C20H25B3N8O4/c1-35-17-12(3-2-4-14(17)31-8-11(9-32)27-30-31)24-13-7-15(25-18(33)10-5-6-10)28-29-16(13)19(34)26-20(21,22)23/h2-4,7-8,10,32H,5-6,9,21-23H2,1H3,(H,26,34)(H2,24,25,28,33). The molecule has 4 rings (SSSR count). The van der Waals surface area contributed by atoms with Crippen molar-refractivity contribution in [2.24, 2.45) is 5.92 Å². The minimum absolute atomic E-state index is 0.0136. The molecular weight excluding hydrogens is 449 g/mol. The number of aromatic nitrogens is 5. The van der Waals surface area contributed by atoms with Crippen LogP contribution in [0, 0.1) is 5.92 Å². The largest absolute Gasteiger partial charge is 0.492 e. The molecule has 1 saturated carbocycles. The first kappa shape index (κ1) is 24.3. The number of aliphatic hydroxyl groups excluding tert-OH is 1. The Morgan fingerprint density at radius 3 is 2.60 bits per heavy atom. The maximum absolute atomic E-state index is 13.0. The molecule has 35 heavy (non-hydrogen) atoms. The number of hydrogen-bond donors (Lipinski definition) is 4. The molecule has 0 radical (unpaired) electrons. The van der Waals surface area contributed by atoms with Crippen LogP contribution in [0.1, 0.15) is 29.0 Å². The number of hydrogen-bond acceptors (Lipinski definition) is 9. The summed E-state index contributed by atoms with van der Waals surface area (Å²) in [5.41, 5.74) is 1.87. The summed E-state index contributed by atoms with van der Waals surface area (Å²) >= 11 is 0. The second-order valence-electron chi connectivity index (χ2n) is 9.26. The average Bonchev–Trinajstić information content (AvgIpc) is 3.55. The number of carbonyl (C=O) groups is 2. The van der Waals surface area contributed by atoms with Crippen molar-refractivity contribution < 1.29 is 19.4 Å². The van der Waals surface area contributed by atoms with Gasteiger partial charge in [0.15, 0.2) is 17.3 Å². The normalized spacial score (nSPS) is 13.2. The van der Waals surface area contributed by atoms with E-state index in [-0.39, 0.29) is 29.9 Å². The summed E-state index contributed by atoms with van der Waals surface area (Å²) in [6.45, 7) is -0.245. The predicted octanol–water partition coefficient (Wildman–Crippen LogP) is -2.11. The lowest BCUT2D eigenvalue weighted by Gasteiger charge is -2.22. The summed E-state index contributed by atoms with van der Waals surface area (Å²) in [6.07, 6.45) is 3.28. The van der Waals surface area contributed by atoms with E-state index in [1.807, 2.05) is 23.5 Å². The molecule has 1 aliphatic rings. The van der Waals surface area contributed by atoms with Gasteiger partial charge in [0.1, 0.15) is 34.9 Å². The van der Waals surface area contributed by atoms with Crippen molar-refractivity contribution in [3.63, 3.8) is 0 Å². The second kappa shape index (κ2) is 9.78. The molecule has 178 valence electrons. The summed E-state index contributed by atoms with van der Waals surface area (Å²) in [5, 5.41) is 33.8. The Hall–Kier alpha value is -3.87. The number of benzene rings is 1. The number of rotatable bonds is 9. The zero-order chi connectivity index (χ0) is 25.2. The third kappa shape index (κ3) is 5.80. The number of amides is 2. The Labute approximate surface area is 204 Å². The van der Waals surface area contributed by atoms with Crippen LogP contribution < -0.4 is 20.7 Å². The van der Waals surface area contributed by atoms with Crippen LogP contribution in [0.15, 0.2) is 30.5 Å². The van der Waals surface area contributed by atoms with E-state index in [4.69, 9.17) is 4.74 Å². The predicted molar refractivity (Wildman–Crippen MR) is 136 cm³/mol. The van der Waals surface area contributed by atoms with Crippen LogP contribution in [0.4, 0.5) is 17.2 Å². The van der Waals surface area contributed by atoms with Crippen LogP contribution >= 0.6 is 0 Å². The van der Waals surface area contributed by atoms with Gasteiger partial charge in [-0.25, -0.2) is 4.68 Å². The van der Waals surface area contributed by atoms with Gasteiger partial charge >= 0.3 is 0 Å². The SMILES string of the molecule is BC(B)(B)NC(=O)c1nnc(NC(=O)C2CC2)cc1Nc1cccc(-n2cc(CO)nn2)c1OC. The molecule has 0 saturated heterocycles. The van der Waals surface area contributed by atoms with Crippen molar-refractivity contribution in [3.05, 3.63) is 41.9 Å². The minimum Gasteiger partial charge on any atom is -0.492 e. The van der Waals surface area contributed by atoms with Gasteiger partial charge < -0.3 is 25.8 Å². The Morgan fingerprint density at radius 1 is 1.20 bits per heavy atom. The number of nitrogens with one attached hydrogen (secondary N) is 3. The first-order chi connectivity index (χ1) is 16.7. The zero-order valence-corrected chi connectivity index (χ0v) is 20.0. The number of aliphatic hydroxyl groups is 1. The summed E-state index contributed by atoms with van der Waals surface area (Å²) in [7, 11) is 7.09. The highest BCUT2D eigenvalue weighted by Gasteiger charge is 2.30. The van der Waals surface area contributed by atoms with Gasteiger partial charge in [-0.1, -0.05) is 11.3 Å². The fourth-order valence-corrected chi connectivity index (χ4v) is 3.34. The highest BCUT2D eigenvalue weighted by Crippen LogP contribution is 2.35. The topological polar surface area (TPSA) is 156 Å². The van der Waals surface area contributed by atoms with Crippen molar-refractivity contribution >= 4 is 52.5 Å². The molecule has 3 aromatic rings. The maximum atomic E-state index is 13.0. The van der Waals surface area contributed by atoms with Crippen molar-refractivity contribution in [1.29, 1.82) is 0 Å². The van der Waals surface area contributed by atoms with E-state index < -0.39 is 11.1 Å². The Balaban J connectivity index is 1.72. The van der Waals surface area contributed by atoms with Crippen LogP contribution in [-0.2, 0) is 11.4 Å². The molecule has 0 aliphatic heterocycles. The van der Waals surface area contributed by atoms with E-state index in [9.17, 15) is 14.7 Å². The Morgan fingerprint density at radius 2 is 1.97 bits per heavy atom. The monoisotopic (exact) mass is 474 g/mol. The van der Waals surface area contributed by atoms with E-state index >= 15 is 0 Å². The molecule has 2 aromatic heterocycles. The lowest BCUT2D eigenvalue weighted by Crippen LogP contribution is -2.50. The van der Waals surface area contributed by atoms with E-state index in [1.54, 1.807) is 30.5 Å². The number of carbonyl (C=O) groups excluding carboxylic acids is 2. The van der Waals surface area contributed by atoms with Crippen LogP contribution in [0.3, 0.4) is 0 Å². The van der Waals surface area contributed by atoms with Crippen LogP contribution in [0.5, 0.6) is 5.75 Å². The quantitative estimate of drug-likeness (QED) is 0.255. The van der Waals surface area contributed by atoms with Gasteiger partial charge in [0, 0.05) is 12.0 Å². The van der Waals surface area contributed by atoms with Crippen molar-refractivity contribution in [2.75, 3.05) is 17.7 Å². The van der Waals surface area contributed by atoms with Gasteiger partial charge in [0.25, 0.3) is 5.91 Å². The molecule has 1 fully saturated rings. The summed E-state index contributed by atoms with van der Waals surface area (Å²) in [4.78, 5) is 25.2. The summed E-state index contributed by atoms with van der Waals surface area (Å²) in [5.74, 6) is 0.0922. The van der Waals surface area contributed by atoms with Crippen molar-refractivity contribution in [1.82, 2.24) is 30.5 Å². The van der Waals surface area contributed by atoms with Gasteiger partial charge in [0.05, 0.1) is 31.3 Å². The van der Waals surface area contributed by atoms with Gasteiger partial charge in [-0.05, 0) is 30.2 Å². The van der Waals surface area contributed by atoms with E-state index in [0.29, 0.717) is 28.5 Å². The first-order valence-electron chi connectivity index (χ1n) is 11.2. The number of ether oxygens (including phenoxy) is 1. The van der Waals surface area contributed by atoms with Crippen LogP contribution in [0.2, 0.25) is 0 Å². The molecule has 12 nitrogen and oxygen atoms in total. The number of methoxy groups -OCH3 is 1. The molecule has 0 unspecified atom stereocenters. The lowest BCUT2D eigenvalue weighted by molar-refractivity contribution is -0.117. The van der Waals surface area contributed by atoms with Crippen LogP contribution in [-0.4, -0.2) is 78.0 Å². The van der Waals surface area contributed by atoms with Crippen molar-refractivity contribution in [2.45, 2.75) is 24.7 Å². The van der Waals surface area contributed by atoms with Gasteiger partial charge in [0.2, 0.25) is 5.91 Å². The molecule has 2 amide bonds. The Bertz CT molecular complexity index is 1260. The molecule has 0 spiro atoms. The second-order valence-corrected chi connectivity index (χ2v) is 9.26. The van der Waals surface area contributed by atoms with Crippen LogP contribution in [0.25, 0.3) is 5.69 Å². The molecular formula is C20H25B3N8O4. The van der Waals surface area contributed by atoms with Gasteiger partial charge in [-0.15, -0.1) is 15.3 Å². The first-order valence-corrected chi connectivity index (χ1v) is 11.2. The minimum atomic E-state index is -0.496. The number of anilines is 3. The van der Waals surface area contributed by atoms with E-state index in [2.05, 4.69) is 36.5 Å². The molecule has 0 bridgehead atoms. The smallest absolute Gasteiger partial charge is 0.272 e. The summed E-state index contributed by atoms with van der Waals surface area (Å²) < 4.78 is 7.12. The molecule has 15 heteroatoms. The third-order valence-corrected chi connectivity index (χ3v) is 5.11. The van der Waals surface area contributed by atoms with Crippen molar-refractivity contribution in [3.8, 4) is 11.4 Å². The number of para-hydroxylation sites is 1.